The van der Waals surface area contributed by atoms with Crippen molar-refractivity contribution < 1.29 is 26.4 Å². The molecule has 11 heteroatoms. The number of furan rings is 1. The highest BCUT2D eigenvalue weighted by atomic mass is 19.4. The second-order valence-electron chi connectivity index (χ2n) is 7.09. The van der Waals surface area contributed by atoms with Crippen molar-refractivity contribution in [3.63, 3.8) is 0 Å². The summed E-state index contributed by atoms with van der Waals surface area (Å²) in [5.74, 6) is -1.79. The summed E-state index contributed by atoms with van der Waals surface area (Å²) in [6, 6.07) is 8.67. The number of nitrogens with zero attached hydrogens (tertiary/aromatic N) is 1. The first-order chi connectivity index (χ1) is 15.5. The van der Waals surface area contributed by atoms with Crippen molar-refractivity contribution in [2.75, 3.05) is 5.73 Å². The molecule has 4 aromatic rings. The van der Waals surface area contributed by atoms with Crippen LogP contribution in [0.5, 0.6) is 0 Å². The number of H-pyrrole nitrogens is 1. The number of pyridine rings is 2. The Morgan fingerprint density at radius 1 is 0.970 bits per heavy atom. The van der Waals surface area contributed by atoms with Crippen LogP contribution in [0.4, 0.5) is 27.6 Å². The highest BCUT2D eigenvalue weighted by Gasteiger charge is 2.36. The second-order valence-corrected chi connectivity index (χ2v) is 7.09. The van der Waals surface area contributed by atoms with E-state index in [9.17, 15) is 31.5 Å². The van der Waals surface area contributed by atoms with Gasteiger partial charge in [0.05, 0.1) is 17.8 Å². The van der Waals surface area contributed by atoms with Crippen molar-refractivity contribution in [2.24, 2.45) is 0 Å². The zero-order valence-electron chi connectivity index (χ0n) is 16.5. The summed E-state index contributed by atoms with van der Waals surface area (Å²) >= 11 is 0. The summed E-state index contributed by atoms with van der Waals surface area (Å²) in [4.78, 5) is 26.5. The Morgan fingerprint density at radius 2 is 1.70 bits per heavy atom. The summed E-state index contributed by atoms with van der Waals surface area (Å²) < 4.78 is 74.4. The topological polar surface area (TPSA) is 94.0 Å². The maximum atomic E-state index is 14.2. The molecule has 0 spiro atoms. The molecule has 0 bridgehead atoms. The number of rotatable bonds is 4. The zero-order valence-corrected chi connectivity index (χ0v) is 16.5. The molecule has 170 valence electrons. The highest BCUT2D eigenvalue weighted by Crippen LogP contribution is 2.36. The van der Waals surface area contributed by atoms with Crippen LogP contribution < -0.4 is 16.9 Å². The van der Waals surface area contributed by atoms with Gasteiger partial charge in [0.25, 0.3) is 5.56 Å². The SMILES string of the molecule is Nc1c(C(F)(F)F)cc(-c2ccc(-c3ccc(=O)[nH]c3)o2)n(Cc2ccc(F)cc2F)c1=O. The lowest BCUT2D eigenvalue weighted by Crippen LogP contribution is -2.29. The first kappa shape index (κ1) is 22.1. The van der Waals surface area contributed by atoms with Gasteiger partial charge in [-0.2, -0.15) is 13.2 Å². The largest absolute Gasteiger partial charge is 0.454 e. The number of nitrogens with two attached hydrogens (primary N) is 1. The van der Waals surface area contributed by atoms with Gasteiger partial charge in [-0.15, -0.1) is 0 Å². The third kappa shape index (κ3) is 4.29. The van der Waals surface area contributed by atoms with Crippen molar-refractivity contribution in [2.45, 2.75) is 12.7 Å². The average molecular weight is 463 g/mol. The number of aromatic amines is 1. The van der Waals surface area contributed by atoms with E-state index in [4.69, 9.17) is 10.2 Å². The van der Waals surface area contributed by atoms with Crippen LogP contribution in [0.15, 0.2) is 68.7 Å². The zero-order chi connectivity index (χ0) is 23.9. The number of aromatic nitrogens is 2. The Hall–Kier alpha value is -4.15. The van der Waals surface area contributed by atoms with Crippen molar-refractivity contribution in [3.8, 4) is 22.8 Å². The molecule has 3 aromatic heterocycles. The lowest BCUT2D eigenvalue weighted by atomic mass is 10.1. The molecule has 0 aliphatic heterocycles. The minimum Gasteiger partial charge on any atom is -0.454 e. The third-order valence-electron chi connectivity index (χ3n) is 4.91. The molecule has 4 rings (SSSR count). The van der Waals surface area contributed by atoms with Gasteiger partial charge in [-0.05, 0) is 30.3 Å². The maximum absolute atomic E-state index is 14.2. The lowest BCUT2D eigenvalue weighted by molar-refractivity contribution is -0.137. The van der Waals surface area contributed by atoms with E-state index in [0.717, 1.165) is 16.7 Å². The number of anilines is 1. The summed E-state index contributed by atoms with van der Waals surface area (Å²) in [5.41, 5.74) is 1.40. The van der Waals surface area contributed by atoms with Crippen LogP contribution in [-0.2, 0) is 12.7 Å². The standard InChI is InChI=1S/C22H14F5N3O3/c23-13-3-1-12(15(24)7-13)10-30-16(8-14(22(25,26)27)20(28)21(30)32)18-5-4-17(33-18)11-2-6-19(31)29-9-11/h1-9H,10,28H2,(H,29,31). The van der Waals surface area contributed by atoms with Crippen LogP contribution in [0, 0.1) is 11.6 Å². The van der Waals surface area contributed by atoms with Gasteiger partial charge in [-0.3, -0.25) is 14.2 Å². The van der Waals surface area contributed by atoms with Gasteiger partial charge in [0, 0.05) is 29.5 Å². The maximum Gasteiger partial charge on any atom is 0.418 e. The van der Waals surface area contributed by atoms with Crippen LogP contribution in [-0.4, -0.2) is 9.55 Å². The van der Waals surface area contributed by atoms with E-state index in [1.54, 1.807) is 0 Å². The summed E-state index contributed by atoms with van der Waals surface area (Å²) in [6.07, 6.45) is -3.59. The first-order valence-electron chi connectivity index (χ1n) is 9.38. The molecule has 0 radical (unpaired) electrons. The monoisotopic (exact) mass is 463 g/mol. The summed E-state index contributed by atoms with van der Waals surface area (Å²) in [7, 11) is 0. The van der Waals surface area contributed by atoms with Crippen LogP contribution in [0.1, 0.15) is 11.1 Å². The number of benzene rings is 1. The molecular formula is C22H14F5N3O3. The third-order valence-corrected chi connectivity index (χ3v) is 4.91. The lowest BCUT2D eigenvalue weighted by Gasteiger charge is -2.17. The van der Waals surface area contributed by atoms with Crippen molar-refractivity contribution in [3.05, 3.63) is 98.2 Å². The number of nitrogens with one attached hydrogen (secondary N) is 1. The Bertz CT molecular complexity index is 1450. The fourth-order valence-electron chi connectivity index (χ4n) is 3.27. The normalized spacial score (nSPS) is 11.7. The van der Waals surface area contributed by atoms with E-state index in [1.807, 2.05) is 0 Å². The molecule has 3 heterocycles. The predicted octanol–water partition coefficient (Wildman–Crippen LogP) is 4.39. The Balaban J connectivity index is 1.90. The molecule has 0 aliphatic rings. The second kappa shape index (κ2) is 8.08. The molecule has 6 nitrogen and oxygen atoms in total. The molecule has 0 aliphatic carbocycles. The number of nitrogen functional groups attached to an aromatic ring is 1. The minimum absolute atomic E-state index is 0.138. The van der Waals surface area contributed by atoms with E-state index in [-0.39, 0.29) is 28.3 Å². The number of hydrogen-bond acceptors (Lipinski definition) is 4. The fourth-order valence-corrected chi connectivity index (χ4v) is 3.27. The van der Waals surface area contributed by atoms with E-state index in [0.29, 0.717) is 17.7 Å². The van der Waals surface area contributed by atoms with Gasteiger partial charge in [-0.25, -0.2) is 8.78 Å². The van der Waals surface area contributed by atoms with E-state index >= 15 is 0 Å². The summed E-state index contributed by atoms with van der Waals surface area (Å²) in [5, 5.41) is 0. The predicted molar refractivity (Wildman–Crippen MR) is 109 cm³/mol. The van der Waals surface area contributed by atoms with Crippen molar-refractivity contribution in [1.29, 1.82) is 0 Å². The van der Waals surface area contributed by atoms with E-state index < -0.39 is 41.2 Å². The Kier molecular flexibility index (Phi) is 5.40. The summed E-state index contributed by atoms with van der Waals surface area (Å²) in [6.45, 7) is -0.530. The molecule has 0 atom stereocenters. The molecule has 0 saturated carbocycles. The van der Waals surface area contributed by atoms with Crippen LogP contribution in [0.2, 0.25) is 0 Å². The highest BCUT2D eigenvalue weighted by molar-refractivity contribution is 5.65. The molecule has 0 unspecified atom stereocenters. The molecule has 1 aromatic carbocycles. The van der Waals surface area contributed by atoms with Gasteiger partial charge in [0.15, 0.2) is 5.76 Å². The van der Waals surface area contributed by atoms with Crippen LogP contribution in [0.3, 0.4) is 0 Å². The number of hydrogen-bond donors (Lipinski definition) is 2. The van der Waals surface area contributed by atoms with Crippen molar-refractivity contribution in [1.82, 2.24) is 9.55 Å². The molecule has 0 saturated heterocycles. The van der Waals surface area contributed by atoms with Gasteiger partial charge < -0.3 is 15.1 Å². The van der Waals surface area contributed by atoms with Crippen molar-refractivity contribution >= 4 is 5.69 Å². The minimum atomic E-state index is -4.94. The molecule has 0 fully saturated rings. The quantitative estimate of drug-likeness (QED) is 0.439. The van der Waals surface area contributed by atoms with Gasteiger partial charge in [-0.1, -0.05) is 6.07 Å². The van der Waals surface area contributed by atoms with Gasteiger partial charge in [0.2, 0.25) is 5.56 Å². The van der Waals surface area contributed by atoms with Gasteiger partial charge >= 0.3 is 6.18 Å². The molecule has 3 N–H and O–H groups in total. The van der Waals surface area contributed by atoms with Crippen LogP contribution >= 0.6 is 0 Å². The molecule has 0 amide bonds. The fraction of sp³-hybridized carbons (Fsp3) is 0.0909. The van der Waals surface area contributed by atoms with E-state index in [2.05, 4.69) is 4.98 Å². The average Bonchev–Trinajstić information content (AvgIpc) is 3.23. The van der Waals surface area contributed by atoms with Gasteiger partial charge in [0.1, 0.15) is 23.1 Å². The number of alkyl halides is 3. The first-order valence-corrected chi connectivity index (χ1v) is 9.38. The molecular weight excluding hydrogens is 449 g/mol. The Labute approximate surface area is 181 Å². The van der Waals surface area contributed by atoms with Crippen LogP contribution in [0.25, 0.3) is 22.8 Å². The van der Waals surface area contributed by atoms with E-state index in [1.165, 1.54) is 30.5 Å². The Morgan fingerprint density at radius 3 is 2.33 bits per heavy atom. The number of halogens is 5. The smallest absolute Gasteiger partial charge is 0.418 e. The molecule has 33 heavy (non-hydrogen) atoms.